The average molecular weight is 251 g/mol. The molecule has 1 unspecified atom stereocenters. The Kier molecular flexibility index (Phi) is 3.71. The number of hydrogen-bond donors (Lipinski definition) is 1. The topological polar surface area (TPSA) is 80.1 Å². The van der Waals surface area contributed by atoms with E-state index in [-0.39, 0.29) is 18.2 Å². The molecule has 1 N–H and O–H groups in total. The number of aryl methyl sites for hydroxylation is 1. The summed E-state index contributed by atoms with van der Waals surface area (Å²) in [5, 5.41) is 7.13. The molecule has 1 aliphatic rings. The molecule has 7 nitrogen and oxygen atoms in total. The lowest BCUT2D eigenvalue weighted by atomic mass is 10.2. The lowest BCUT2D eigenvalue weighted by Gasteiger charge is -2.13. The van der Waals surface area contributed by atoms with Crippen molar-refractivity contribution in [1.82, 2.24) is 25.0 Å². The molecule has 1 atom stereocenters. The van der Waals surface area contributed by atoms with Gasteiger partial charge in [-0.1, -0.05) is 6.92 Å². The molecule has 1 saturated heterocycles. The summed E-state index contributed by atoms with van der Waals surface area (Å²) < 4.78 is 1.60. The second kappa shape index (κ2) is 5.26. The molecule has 18 heavy (non-hydrogen) atoms. The third-order valence-electron chi connectivity index (χ3n) is 2.84. The average Bonchev–Trinajstić information content (AvgIpc) is 2.86. The van der Waals surface area contributed by atoms with Crippen LogP contribution in [0.4, 0.5) is 0 Å². The van der Waals surface area contributed by atoms with Crippen molar-refractivity contribution in [2.45, 2.75) is 32.4 Å². The number of aromatic nitrogens is 3. The van der Waals surface area contributed by atoms with Gasteiger partial charge in [-0.05, 0) is 6.42 Å². The van der Waals surface area contributed by atoms with Gasteiger partial charge < -0.3 is 0 Å². The molecule has 1 aromatic rings. The first-order valence-corrected chi connectivity index (χ1v) is 6.04. The third kappa shape index (κ3) is 2.56. The summed E-state index contributed by atoms with van der Waals surface area (Å²) in [6.45, 7) is 2.83. The van der Waals surface area contributed by atoms with E-state index >= 15 is 0 Å². The molecule has 98 valence electrons. The molecule has 0 radical (unpaired) electrons. The van der Waals surface area contributed by atoms with Crippen LogP contribution in [0.25, 0.3) is 0 Å². The van der Waals surface area contributed by atoms with Gasteiger partial charge in [0.1, 0.15) is 6.33 Å². The van der Waals surface area contributed by atoms with Gasteiger partial charge in [0.15, 0.2) is 5.82 Å². The van der Waals surface area contributed by atoms with Crippen LogP contribution in [0.1, 0.15) is 25.6 Å². The number of likely N-dealkylation sites (tertiary alicyclic amines) is 1. The highest BCUT2D eigenvalue weighted by molar-refractivity contribution is 6.05. The van der Waals surface area contributed by atoms with E-state index in [2.05, 4.69) is 15.4 Å². The molecule has 0 aliphatic carbocycles. The highest BCUT2D eigenvalue weighted by Gasteiger charge is 2.37. The van der Waals surface area contributed by atoms with Gasteiger partial charge in [0.2, 0.25) is 11.8 Å². The van der Waals surface area contributed by atoms with Gasteiger partial charge in [-0.2, -0.15) is 5.10 Å². The van der Waals surface area contributed by atoms with Crippen LogP contribution in [-0.2, 0) is 23.2 Å². The maximum Gasteiger partial charge on any atom is 0.246 e. The van der Waals surface area contributed by atoms with Crippen molar-refractivity contribution >= 4 is 11.8 Å². The SMILES string of the molecule is CCCN1C(=O)CC(NCc2ncn(C)n2)C1=O. The minimum atomic E-state index is -0.437. The van der Waals surface area contributed by atoms with E-state index < -0.39 is 6.04 Å². The summed E-state index contributed by atoms with van der Waals surface area (Å²) in [5.41, 5.74) is 0. The van der Waals surface area contributed by atoms with Crippen molar-refractivity contribution in [2.24, 2.45) is 7.05 Å². The van der Waals surface area contributed by atoms with Crippen molar-refractivity contribution in [2.75, 3.05) is 6.54 Å². The zero-order valence-corrected chi connectivity index (χ0v) is 10.6. The molecule has 1 aliphatic heterocycles. The zero-order chi connectivity index (χ0) is 13.1. The van der Waals surface area contributed by atoms with Crippen LogP contribution >= 0.6 is 0 Å². The molecule has 1 aromatic heterocycles. The fraction of sp³-hybridized carbons (Fsp3) is 0.636. The van der Waals surface area contributed by atoms with E-state index in [1.807, 2.05) is 6.92 Å². The predicted molar refractivity (Wildman–Crippen MR) is 63.3 cm³/mol. The fourth-order valence-electron chi connectivity index (χ4n) is 1.98. The number of imide groups is 1. The summed E-state index contributed by atoms with van der Waals surface area (Å²) in [6, 6.07) is -0.437. The minimum Gasteiger partial charge on any atom is -0.298 e. The molecule has 0 spiro atoms. The van der Waals surface area contributed by atoms with Gasteiger partial charge in [0.25, 0.3) is 0 Å². The highest BCUT2D eigenvalue weighted by atomic mass is 16.2. The second-order valence-electron chi connectivity index (χ2n) is 4.36. The monoisotopic (exact) mass is 251 g/mol. The zero-order valence-electron chi connectivity index (χ0n) is 10.6. The second-order valence-corrected chi connectivity index (χ2v) is 4.36. The van der Waals surface area contributed by atoms with Gasteiger partial charge >= 0.3 is 0 Å². The number of carbonyl (C=O) groups excluding carboxylic acids is 2. The van der Waals surface area contributed by atoms with Crippen molar-refractivity contribution in [1.29, 1.82) is 0 Å². The van der Waals surface area contributed by atoms with Gasteiger partial charge in [0.05, 0.1) is 19.0 Å². The Bertz CT molecular complexity index is 456. The minimum absolute atomic E-state index is 0.103. The maximum absolute atomic E-state index is 11.9. The summed E-state index contributed by atoms with van der Waals surface area (Å²) in [7, 11) is 1.78. The van der Waals surface area contributed by atoms with E-state index in [4.69, 9.17) is 0 Å². The first-order chi connectivity index (χ1) is 8.61. The Hall–Kier alpha value is -1.76. The molecule has 2 amide bonds. The van der Waals surface area contributed by atoms with E-state index in [9.17, 15) is 9.59 Å². The lowest BCUT2D eigenvalue weighted by molar-refractivity contribution is -0.138. The van der Waals surface area contributed by atoms with Crippen LogP contribution in [-0.4, -0.2) is 44.1 Å². The smallest absolute Gasteiger partial charge is 0.246 e. The van der Waals surface area contributed by atoms with E-state index in [1.165, 1.54) is 4.90 Å². The molecular weight excluding hydrogens is 234 g/mol. The van der Waals surface area contributed by atoms with Crippen molar-refractivity contribution in [3.8, 4) is 0 Å². The number of hydrogen-bond acceptors (Lipinski definition) is 5. The molecule has 7 heteroatoms. The predicted octanol–water partition coefficient (Wildman–Crippen LogP) is -0.558. The first-order valence-electron chi connectivity index (χ1n) is 6.04. The largest absolute Gasteiger partial charge is 0.298 e. The Morgan fingerprint density at radius 1 is 1.50 bits per heavy atom. The number of nitrogens with one attached hydrogen (secondary N) is 1. The fourth-order valence-corrected chi connectivity index (χ4v) is 1.98. The van der Waals surface area contributed by atoms with Gasteiger partial charge in [-0.15, -0.1) is 0 Å². The van der Waals surface area contributed by atoms with E-state index in [0.717, 1.165) is 6.42 Å². The first kappa shape index (κ1) is 12.7. The van der Waals surface area contributed by atoms with E-state index in [0.29, 0.717) is 18.9 Å². The summed E-state index contributed by atoms with van der Waals surface area (Å²) in [6.07, 6.45) is 2.61. The molecular formula is C11H17N5O2. The molecule has 1 fully saturated rings. The molecule has 0 saturated carbocycles. The van der Waals surface area contributed by atoms with Crippen LogP contribution in [0.15, 0.2) is 6.33 Å². The van der Waals surface area contributed by atoms with Crippen LogP contribution in [0.5, 0.6) is 0 Å². The van der Waals surface area contributed by atoms with Gasteiger partial charge in [-0.25, -0.2) is 4.98 Å². The van der Waals surface area contributed by atoms with Crippen molar-refractivity contribution < 1.29 is 9.59 Å². The Balaban J connectivity index is 1.91. The molecule has 0 bridgehead atoms. The Morgan fingerprint density at radius 3 is 2.89 bits per heavy atom. The molecule has 2 heterocycles. The van der Waals surface area contributed by atoms with E-state index in [1.54, 1.807) is 18.1 Å². The quantitative estimate of drug-likeness (QED) is 0.710. The van der Waals surface area contributed by atoms with Crippen LogP contribution in [0, 0.1) is 0 Å². The standard InChI is InChI=1S/C11H17N5O2/c1-3-4-16-10(17)5-8(11(16)18)12-6-9-13-7-15(2)14-9/h7-8,12H,3-6H2,1-2H3. The summed E-state index contributed by atoms with van der Waals surface area (Å²) in [4.78, 5) is 28.9. The van der Waals surface area contributed by atoms with Crippen LogP contribution in [0.2, 0.25) is 0 Å². The number of carbonyl (C=O) groups is 2. The molecule has 0 aromatic carbocycles. The Labute approximate surface area is 105 Å². The maximum atomic E-state index is 11.9. The number of nitrogens with zero attached hydrogens (tertiary/aromatic N) is 4. The highest BCUT2D eigenvalue weighted by Crippen LogP contribution is 2.13. The number of rotatable bonds is 5. The summed E-state index contributed by atoms with van der Waals surface area (Å²) >= 11 is 0. The Morgan fingerprint density at radius 2 is 2.28 bits per heavy atom. The lowest BCUT2D eigenvalue weighted by Crippen LogP contribution is -2.38. The van der Waals surface area contributed by atoms with Crippen LogP contribution < -0.4 is 5.32 Å². The van der Waals surface area contributed by atoms with Crippen molar-refractivity contribution in [3.63, 3.8) is 0 Å². The molecule has 2 rings (SSSR count). The summed E-state index contributed by atoms with van der Waals surface area (Å²) in [5.74, 6) is 0.373. The third-order valence-corrected chi connectivity index (χ3v) is 2.84. The van der Waals surface area contributed by atoms with Gasteiger partial charge in [0, 0.05) is 13.6 Å². The van der Waals surface area contributed by atoms with Gasteiger partial charge in [-0.3, -0.25) is 24.5 Å². The number of amides is 2. The normalized spacial score (nSPS) is 19.9. The van der Waals surface area contributed by atoms with Crippen molar-refractivity contribution in [3.05, 3.63) is 12.2 Å². The van der Waals surface area contributed by atoms with Crippen LogP contribution in [0.3, 0.4) is 0 Å².